The number of benzene rings is 2. The van der Waals surface area contributed by atoms with Crippen molar-refractivity contribution in [3.05, 3.63) is 65.2 Å². The molecule has 31 heavy (non-hydrogen) atoms. The van der Waals surface area contributed by atoms with Gasteiger partial charge in [0.2, 0.25) is 0 Å². The molecule has 10 heteroatoms. The van der Waals surface area contributed by atoms with Gasteiger partial charge in [-0.2, -0.15) is 0 Å². The molecule has 0 aliphatic carbocycles. The van der Waals surface area contributed by atoms with E-state index in [1.165, 1.54) is 0 Å². The second-order valence-electron chi connectivity index (χ2n) is 9.47. The van der Waals surface area contributed by atoms with Crippen molar-refractivity contribution in [3.8, 4) is 16.9 Å². The minimum absolute atomic E-state index is 0.109. The number of non-ortho nitro benzene ring substituents is 1. The van der Waals surface area contributed by atoms with Gasteiger partial charge in [0.15, 0.2) is 0 Å². The van der Waals surface area contributed by atoms with Gasteiger partial charge < -0.3 is 5.11 Å². The first kappa shape index (κ1) is 23.7. The van der Waals surface area contributed by atoms with Crippen molar-refractivity contribution in [3.63, 3.8) is 0 Å². The first-order chi connectivity index (χ1) is 14.0. The number of aryl methyl sites for hydroxylation is 1. The number of aromatic hydroxyl groups is 1. The summed E-state index contributed by atoms with van der Waals surface area (Å²) in [6.45, 7) is 12.7. The fourth-order valence-electron chi connectivity index (χ4n) is 3.68. The fourth-order valence-corrected chi connectivity index (χ4v) is 3.68. The molecule has 0 saturated carbocycles. The highest BCUT2D eigenvalue weighted by Gasteiger charge is 2.38. The summed E-state index contributed by atoms with van der Waals surface area (Å²) < 4.78 is 0. The van der Waals surface area contributed by atoms with Crippen LogP contribution in [0.15, 0.2) is 18.2 Å². The van der Waals surface area contributed by atoms with Crippen LogP contribution >= 0.6 is 0 Å². The number of phenols is 1. The van der Waals surface area contributed by atoms with E-state index in [2.05, 4.69) is 0 Å². The molecule has 0 atom stereocenters. The summed E-state index contributed by atoms with van der Waals surface area (Å²) in [5.74, 6) is -0.109. The highest BCUT2D eigenvalue weighted by atomic mass is 16.6. The Labute approximate surface area is 179 Å². The Hall–Kier alpha value is -3.56. The van der Waals surface area contributed by atoms with Crippen LogP contribution in [0.3, 0.4) is 0 Å². The van der Waals surface area contributed by atoms with Crippen LogP contribution in [-0.4, -0.2) is 19.9 Å². The van der Waals surface area contributed by atoms with E-state index in [0.29, 0.717) is 28.8 Å². The molecule has 2 aromatic rings. The summed E-state index contributed by atoms with van der Waals surface area (Å²) in [5, 5.41) is 46.1. The quantitative estimate of drug-likeness (QED) is 0.482. The summed E-state index contributed by atoms with van der Waals surface area (Å²) in [6, 6.07) is 3.07. The van der Waals surface area contributed by atoms with Gasteiger partial charge in [-0.25, -0.2) is 0 Å². The molecule has 0 amide bonds. The minimum Gasteiger partial charge on any atom is -0.507 e. The Morgan fingerprint density at radius 2 is 1.19 bits per heavy atom. The second kappa shape index (κ2) is 7.60. The molecule has 0 spiro atoms. The maximum Gasteiger partial charge on any atom is 0.291 e. The Morgan fingerprint density at radius 3 is 1.52 bits per heavy atom. The third-order valence-electron chi connectivity index (χ3n) is 4.99. The average Bonchev–Trinajstić information content (AvgIpc) is 2.59. The topological polar surface area (TPSA) is 150 Å². The maximum atomic E-state index is 11.8. The smallest absolute Gasteiger partial charge is 0.291 e. The average molecular weight is 431 g/mol. The molecule has 2 aromatic carbocycles. The Morgan fingerprint density at radius 1 is 0.742 bits per heavy atom. The van der Waals surface area contributed by atoms with Gasteiger partial charge in [-0.1, -0.05) is 47.6 Å². The third-order valence-corrected chi connectivity index (χ3v) is 4.99. The molecule has 0 fully saturated rings. The van der Waals surface area contributed by atoms with E-state index in [0.717, 1.165) is 0 Å². The van der Waals surface area contributed by atoms with Gasteiger partial charge in [-0.05, 0) is 28.9 Å². The molecule has 0 heterocycles. The van der Waals surface area contributed by atoms with Crippen LogP contribution in [-0.2, 0) is 10.8 Å². The molecule has 0 aliphatic rings. The van der Waals surface area contributed by atoms with Crippen molar-refractivity contribution in [1.29, 1.82) is 0 Å². The van der Waals surface area contributed by atoms with Crippen LogP contribution in [0.2, 0.25) is 0 Å². The zero-order valence-corrected chi connectivity index (χ0v) is 18.5. The predicted octanol–water partition coefficient (Wildman–Crippen LogP) is 5.69. The van der Waals surface area contributed by atoms with Gasteiger partial charge in [0.25, 0.3) is 17.1 Å². The van der Waals surface area contributed by atoms with Crippen molar-refractivity contribution in [2.75, 3.05) is 0 Å². The van der Waals surface area contributed by atoms with Gasteiger partial charge in [-0.3, -0.25) is 30.3 Å². The lowest BCUT2D eigenvalue weighted by Gasteiger charge is -2.30. The highest BCUT2D eigenvalue weighted by Crippen LogP contribution is 2.51. The standard InChI is InChI=1S/C21H25N3O7/c1-11-8-13(20(2,3)4)19(25)18(21(5,6)7)16(11)17-14(23(28)29)9-12(22(26)27)10-15(17)24(30)31/h8-10,25H,1-7H3. The van der Waals surface area contributed by atoms with E-state index in [-0.39, 0.29) is 16.9 Å². The Balaban J connectivity index is 3.21. The molecule has 0 aliphatic heterocycles. The number of nitro groups is 3. The number of nitrogens with zero attached hydrogens (tertiary/aromatic N) is 3. The molecule has 2 rings (SSSR count). The lowest BCUT2D eigenvalue weighted by Crippen LogP contribution is -2.19. The molecule has 0 bridgehead atoms. The summed E-state index contributed by atoms with van der Waals surface area (Å²) in [6.07, 6.45) is 0. The first-order valence-electron chi connectivity index (χ1n) is 9.47. The van der Waals surface area contributed by atoms with E-state index in [1.54, 1.807) is 33.8 Å². The van der Waals surface area contributed by atoms with Crippen molar-refractivity contribution < 1.29 is 19.9 Å². The van der Waals surface area contributed by atoms with Gasteiger partial charge in [0.05, 0.1) is 26.9 Å². The van der Waals surface area contributed by atoms with Gasteiger partial charge in [0.1, 0.15) is 11.3 Å². The van der Waals surface area contributed by atoms with Crippen LogP contribution in [0, 0.1) is 37.3 Å². The van der Waals surface area contributed by atoms with E-state index < -0.39 is 42.7 Å². The number of rotatable bonds is 4. The Bertz CT molecular complexity index is 1070. The molecular weight excluding hydrogens is 406 g/mol. The van der Waals surface area contributed by atoms with E-state index in [9.17, 15) is 35.4 Å². The summed E-state index contributed by atoms with van der Waals surface area (Å²) in [7, 11) is 0. The molecule has 0 unspecified atom stereocenters. The lowest BCUT2D eigenvalue weighted by molar-refractivity contribution is -0.402. The molecular formula is C21H25N3O7. The minimum atomic E-state index is -0.915. The first-order valence-corrected chi connectivity index (χ1v) is 9.47. The monoisotopic (exact) mass is 431 g/mol. The maximum absolute atomic E-state index is 11.8. The molecule has 1 N–H and O–H groups in total. The molecule has 10 nitrogen and oxygen atoms in total. The normalized spacial score (nSPS) is 12.0. The predicted molar refractivity (Wildman–Crippen MR) is 116 cm³/mol. The van der Waals surface area contributed by atoms with Crippen LogP contribution in [0.25, 0.3) is 11.1 Å². The second-order valence-corrected chi connectivity index (χ2v) is 9.47. The molecule has 0 radical (unpaired) electrons. The van der Waals surface area contributed by atoms with Crippen LogP contribution in [0.4, 0.5) is 17.1 Å². The van der Waals surface area contributed by atoms with Crippen molar-refractivity contribution in [1.82, 2.24) is 0 Å². The van der Waals surface area contributed by atoms with Crippen LogP contribution in [0.1, 0.15) is 58.2 Å². The van der Waals surface area contributed by atoms with E-state index in [4.69, 9.17) is 0 Å². The Kier molecular flexibility index (Phi) is 5.82. The number of nitro benzene ring substituents is 3. The lowest BCUT2D eigenvalue weighted by atomic mass is 9.74. The summed E-state index contributed by atoms with van der Waals surface area (Å²) >= 11 is 0. The number of hydrogen-bond donors (Lipinski definition) is 1. The van der Waals surface area contributed by atoms with Gasteiger partial charge >= 0.3 is 0 Å². The van der Waals surface area contributed by atoms with Crippen molar-refractivity contribution in [2.24, 2.45) is 0 Å². The zero-order chi connectivity index (χ0) is 24.0. The molecule has 166 valence electrons. The van der Waals surface area contributed by atoms with Gasteiger partial charge in [0, 0.05) is 11.1 Å². The largest absolute Gasteiger partial charge is 0.507 e. The number of phenolic OH excluding ortho intramolecular Hbond substituents is 1. The summed E-state index contributed by atoms with van der Waals surface area (Å²) in [4.78, 5) is 32.2. The van der Waals surface area contributed by atoms with Crippen molar-refractivity contribution >= 4 is 17.1 Å². The van der Waals surface area contributed by atoms with Gasteiger partial charge in [-0.15, -0.1) is 0 Å². The van der Waals surface area contributed by atoms with E-state index in [1.807, 2.05) is 20.8 Å². The molecule has 0 saturated heterocycles. The number of hydrogen-bond acceptors (Lipinski definition) is 7. The van der Waals surface area contributed by atoms with E-state index >= 15 is 0 Å². The van der Waals surface area contributed by atoms with Crippen LogP contribution in [0.5, 0.6) is 5.75 Å². The fraction of sp³-hybridized carbons (Fsp3) is 0.429. The summed E-state index contributed by atoms with van der Waals surface area (Å²) in [5.41, 5.74) is -2.38. The molecule has 0 aromatic heterocycles. The van der Waals surface area contributed by atoms with Crippen LogP contribution < -0.4 is 0 Å². The zero-order valence-electron chi connectivity index (χ0n) is 18.5. The van der Waals surface area contributed by atoms with Crippen molar-refractivity contribution in [2.45, 2.75) is 59.3 Å². The SMILES string of the molecule is Cc1cc(C(C)(C)C)c(O)c(C(C)(C)C)c1-c1c([N+](=O)[O-])cc([N+](=O)[O-])cc1[N+](=O)[O-]. The third kappa shape index (κ3) is 4.32. The highest BCUT2D eigenvalue weighted by molar-refractivity contribution is 5.89.